The van der Waals surface area contributed by atoms with Crippen molar-refractivity contribution in [1.82, 2.24) is 0 Å². The summed E-state index contributed by atoms with van der Waals surface area (Å²) in [7, 11) is 0. The van der Waals surface area contributed by atoms with Gasteiger partial charge >= 0.3 is 0 Å². The largest absolute Gasteiger partial charge is 0.0905 e. The van der Waals surface area contributed by atoms with Crippen LogP contribution in [0.3, 0.4) is 0 Å². The Labute approximate surface area is 190 Å². The summed E-state index contributed by atoms with van der Waals surface area (Å²) in [4.78, 5) is 0. The van der Waals surface area contributed by atoms with Crippen molar-refractivity contribution < 1.29 is 0 Å². The van der Waals surface area contributed by atoms with Gasteiger partial charge in [-0.1, -0.05) is 116 Å². The van der Waals surface area contributed by atoms with Crippen LogP contribution in [0, 0.1) is 27.7 Å². The molecule has 0 heterocycles. The van der Waals surface area contributed by atoms with Crippen molar-refractivity contribution in [1.29, 1.82) is 0 Å². The fraction of sp³-hybridized carbons (Fsp3) is 0.290. The maximum absolute atomic E-state index is 4.51. The standard InChI is InChI=1S/C29H32.C2H6/c1-8-23(6)29(26-17-21(4)14-22(5)18-26)28-12-10-9-11-27(28)24(7)25-15-19(2)13-20(3)16-25;1-2/h9-18H,7-8H2,1-6H3;1-2H3/b29-23-;. The summed E-state index contributed by atoms with van der Waals surface area (Å²) in [6.45, 7) is 21.7. The highest BCUT2D eigenvalue weighted by Gasteiger charge is 2.16. The second-order valence-corrected chi connectivity index (χ2v) is 8.29. The van der Waals surface area contributed by atoms with E-state index in [2.05, 4.69) is 109 Å². The summed E-state index contributed by atoms with van der Waals surface area (Å²) in [6.07, 6.45) is 1.02. The zero-order valence-corrected chi connectivity index (χ0v) is 20.7. The highest BCUT2D eigenvalue weighted by Crippen LogP contribution is 2.36. The Balaban J connectivity index is 0.00000166. The lowest BCUT2D eigenvalue weighted by atomic mass is 9.84. The first-order valence-corrected chi connectivity index (χ1v) is 11.5. The predicted octanol–water partition coefficient (Wildman–Crippen LogP) is 9.24. The van der Waals surface area contributed by atoms with E-state index in [4.69, 9.17) is 0 Å². The molecule has 0 radical (unpaired) electrons. The molecule has 0 fully saturated rings. The lowest BCUT2D eigenvalue weighted by molar-refractivity contribution is 1.10. The molecule has 3 aromatic carbocycles. The summed E-state index contributed by atoms with van der Waals surface area (Å²) >= 11 is 0. The molecule has 0 saturated heterocycles. The lowest BCUT2D eigenvalue weighted by Gasteiger charge is -2.19. The van der Waals surface area contributed by atoms with Crippen molar-refractivity contribution in [3.05, 3.63) is 117 Å². The molecule has 31 heavy (non-hydrogen) atoms. The van der Waals surface area contributed by atoms with Crippen LogP contribution in [0.2, 0.25) is 0 Å². The Bertz CT molecular complexity index is 1050. The third kappa shape index (κ3) is 5.85. The highest BCUT2D eigenvalue weighted by atomic mass is 14.2. The molecule has 0 atom stereocenters. The number of hydrogen-bond donors (Lipinski definition) is 0. The summed E-state index contributed by atoms with van der Waals surface area (Å²) < 4.78 is 0. The predicted molar refractivity (Wildman–Crippen MR) is 140 cm³/mol. The van der Waals surface area contributed by atoms with Gasteiger partial charge in [-0.25, -0.2) is 0 Å². The first-order valence-electron chi connectivity index (χ1n) is 11.5. The van der Waals surface area contributed by atoms with Crippen molar-refractivity contribution in [3.8, 4) is 0 Å². The number of rotatable bonds is 5. The van der Waals surface area contributed by atoms with Crippen LogP contribution in [0.5, 0.6) is 0 Å². The molecule has 0 N–H and O–H groups in total. The van der Waals surface area contributed by atoms with E-state index in [0.29, 0.717) is 0 Å². The van der Waals surface area contributed by atoms with Crippen LogP contribution in [-0.2, 0) is 0 Å². The Morgan fingerprint density at radius 3 is 1.55 bits per heavy atom. The highest BCUT2D eigenvalue weighted by molar-refractivity contribution is 5.92. The molecular weight excluding hydrogens is 372 g/mol. The number of allylic oxidation sites excluding steroid dienone is 1. The molecule has 0 aromatic heterocycles. The number of hydrogen-bond acceptors (Lipinski definition) is 0. The molecule has 0 amide bonds. The minimum atomic E-state index is 1.02. The quantitative estimate of drug-likeness (QED) is 0.393. The van der Waals surface area contributed by atoms with Crippen LogP contribution in [-0.4, -0.2) is 0 Å². The lowest BCUT2D eigenvalue weighted by Crippen LogP contribution is -1.99. The van der Waals surface area contributed by atoms with E-state index >= 15 is 0 Å². The molecule has 162 valence electrons. The van der Waals surface area contributed by atoms with Crippen LogP contribution in [0.15, 0.2) is 72.8 Å². The first-order chi connectivity index (χ1) is 14.8. The molecule has 3 aromatic rings. The van der Waals surface area contributed by atoms with Gasteiger partial charge in [-0.15, -0.1) is 0 Å². The first kappa shape index (κ1) is 24.4. The molecule has 0 heteroatoms. The van der Waals surface area contributed by atoms with Crippen molar-refractivity contribution in [2.75, 3.05) is 0 Å². The van der Waals surface area contributed by atoms with Gasteiger partial charge in [-0.2, -0.15) is 0 Å². The van der Waals surface area contributed by atoms with Gasteiger partial charge in [0.1, 0.15) is 0 Å². The van der Waals surface area contributed by atoms with E-state index in [0.717, 1.165) is 12.0 Å². The summed E-state index contributed by atoms with van der Waals surface area (Å²) in [5.41, 5.74) is 13.9. The SMILES string of the molecule is C=C(c1cc(C)cc(C)c1)c1ccccc1/C(=C(/C)CC)c1cc(C)cc(C)c1.CC. The minimum Gasteiger partial charge on any atom is -0.0905 e. The normalized spacial score (nSPS) is 11.4. The van der Waals surface area contributed by atoms with E-state index in [-0.39, 0.29) is 0 Å². The molecule has 0 aliphatic rings. The monoisotopic (exact) mass is 410 g/mol. The van der Waals surface area contributed by atoms with Gasteiger partial charge in [-0.3, -0.25) is 0 Å². The summed E-state index contributed by atoms with van der Waals surface area (Å²) in [5.74, 6) is 0. The zero-order chi connectivity index (χ0) is 23.1. The third-order valence-corrected chi connectivity index (χ3v) is 5.56. The molecule has 0 aliphatic heterocycles. The van der Waals surface area contributed by atoms with Gasteiger partial charge in [-0.05, 0) is 74.4 Å². The maximum Gasteiger partial charge on any atom is -0.01000 e. The van der Waals surface area contributed by atoms with Crippen LogP contribution < -0.4 is 0 Å². The van der Waals surface area contributed by atoms with Gasteiger partial charge < -0.3 is 0 Å². The van der Waals surface area contributed by atoms with Gasteiger partial charge in [0.05, 0.1) is 0 Å². The molecule has 0 unspecified atom stereocenters. The Morgan fingerprint density at radius 1 is 0.677 bits per heavy atom. The average Bonchev–Trinajstić information content (AvgIpc) is 2.73. The molecular formula is C31H38. The van der Waals surface area contributed by atoms with E-state index < -0.39 is 0 Å². The van der Waals surface area contributed by atoms with Crippen LogP contribution >= 0.6 is 0 Å². The topological polar surface area (TPSA) is 0 Å². The van der Waals surface area contributed by atoms with Crippen LogP contribution in [0.4, 0.5) is 0 Å². The minimum absolute atomic E-state index is 1.02. The van der Waals surface area contributed by atoms with E-state index in [1.807, 2.05) is 13.8 Å². The maximum atomic E-state index is 4.51. The van der Waals surface area contributed by atoms with Gasteiger partial charge in [0.15, 0.2) is 0 Å². The van der Waals surface area contributed by atoms with Crippen LogP contribution in [0.25, 0.3) is 11.1 Å². The smallest absolute Gasteiger partial charge is 0.01000 e. The Hall–Kier alpha value is -2.86. The van der Waals surface area contributed by atoms with Crippen molar-refractivity contribution in [2.45, 2.75) is 61.8 Å². The molecule has 0 saturated carbocycles. The second-order valence-electron chi connectivity index (χ2n) is 8.29. The summed E-state index contributed by atoms with van der Waals surface area (Å²) in [5, 5.41) is 0. The molecule has 0 spiro atoms. The van der Waals surface area contributed by atoms with Crippen molar-refractivity contribution in [2.24, 2.45) is 0 Å². The second kappa shape index (κ2) is 11.0. The molecule has 0 bridgehead atoms. The molecule has 0 aliphatic carbocycles. The molecule has 3 rings (SSSR count). The van der Waals surface area contributed by atoms with Crippen molar-refractivity contribution in [3.63, 3.8) is 0 Å². The van der Waals surface area contributed by atoms with Gasteiger partial charge in [0.2, 0.25) is 0 Å². The Morgan fingerprint density at radius 2 is 1.10 bits per heavy atom. The fourth-order valence-corrected chi connectivity index (χ4v) is 4.20. The number of aryl methyl sites for hydroxylation is 4. The van der Waals surface area contributed by atoms with Gasteiger partial charge in [0, 0.05) is 0 Å². The fourth-order valence-electron chi connectivity index (χ4n) is 4.20. The van der Waals surface area contributed by atoms with Crippen LogP contribution in [0.1, 0.15) is 78.6 Å². The molecule has 0 nitrogen and oxygen atoms in total. The van der Waals surface area contributed by atoms with Gasteiger partial charge in [0.25, 0.3) is 0 Å². The summed E-state index contributed by atoms with van der Waals surface area (Å²) in [6, 6.07) is 22.2. The zero-order valence-electron chi connectivity index (χ0n) is 20.7. The van der Waals surface area contributed by atoms with Crippen molar-refractivity contribution >= 4 is 11.1 Å². The number of benzene rings is 3. The average molecular weight is 411 g/mol. The third-order valence-electron chi connectivity index (χ3n) is 5.56. The van der Waals surface area contributed by atoms with E-state index in [9.17, 15) is 0 Å². The Kier molecular flexibility index (Phi) is 8.63. The van der Waals surface area contributed by atoms with E-state index in [1.54, 1.807) is 0 Å². The van der Waals surface area contributed by atoms with E-state index in [1.165, 1.54) is 55.7 Å².